The number of carbonyl (C=O) groups excluding carboxylic acids is 1. The fraction of sp³-hybridized carbons (Fsp3) is 0.581. The van der Waals surface area contributed by atoms with Crippen LogP contribution in [0.5, 0.6) is 0 Å². The van der Waals surface area contributed by atoms with E-state index in [0.717, 1.165) is 69.7 Å². The summed E-state index contributed by atoms with van der Waals surface area (Å²) in [5.41, 5.74) is 5.07. The van der Waals surface area contributed by atoms with Crippen molar-refractivity contribution in [2.24, 2.45) is 10.4 Å². The SMILES string of the molecule is [C-]#[N+]C1=CCC(C(=O)Nc2ccc(C3(NCCN4CCCC4)CCOCC3)cc2C2=CCC(C)(C)CC2)=N1. The quantitative estimate of drug-likeness (QED) is 0.448. The van der Waals surface area contributed by atoms with E-state index in [9.17, 15) is 4.79 Å². The molecule has 3 aliphatic heterocycles. The first-order valence-electron chi connectivity index (χ1n) is 14.2. The molecular weight excluding hydrogens is 474 g/mol. The molecule has 7 nitrogen and oxygen atoms in total. The van der Waals surface area contributed by atoms with Gasteiger partial charge in [-0.1, -0.05) is 38.6 Å². The largest absolute Gasteiger partial charge is 0.381 e. The number of nitrogens with zero attached hydrogens (tertiary/aromatic N) is 3. The average molecular weight is 516 g/mol. The summed E-state index contributed by atoms with van der Waals surface area (Å²) in [5, 5.41) is 7.09. The van der Waals surface area contributed by atoms with Crippen molar-refractivity contribution < 1.29 is 9.53 Å². The topological polar surface area (TPSA) is 70.3 Å². The highest BCUT2D eigenvalue weighted by atomic mass is 16.5. The second kappa shape index (κ2) is 11.5. The van der Waals surface area contributed by atoms with Crippen LogP contribution < -0.4 is 10.6 Å². The summed E-state index contributed by atoms with van der Waals surface area (Å²) in [6.07, 6.45) is 12.1. The van der Waals surface area contributed by atoms with E-state index >= 15 is 0 Å². The van der Waals surface area contributed by atoms with Crippen molar-refractivity contribution in [2.45, 2.75) is 70.8 Å². The zero-order valence-corrected chi connectivity index (χ0v) is 22.9. The maximum atomic E-state index is 13.1. The summed E-state index contributed by atoms with van der Waals surface area (Å²) in [5.74, 6) is 0.0690. The first-order chi connectivity index (χ1) is 18.4. The van der Waals surface area contributed by atoms with Gasteiger partial charge in [-0.05, 0) is 86.7 Å². The number of ether oxygens (including phenoxy) is 1. The predicted octanol–water partition coefficient (Wildman–Crippen LogP) is 5.52. The number of amides is 1. The number of anilines is 1. The summed E-state index contributed by atoms with van der Waals surface area (Å²) < 4.78 is 5.79. The average Bonchev–Trinajstić information content (AvgIpc) is 3.62. The van der Waals surface area contributed by atoms with Crippen LogP contribution in [0.15, 0.2) is 41.2 Å². The zero-order valence-electron chi connectivity index (χ0n) is 22.9. The van der Waals surface area contributed by atoms with Crippen molar-refractivity contribution in [1.29, 1.82) is 0 Å². The van der Waals surface area contributed by atoms with Crippen LogP contribution in [0.3, 0.4) is 0 Å². The van der Waals surface area contributed by atoms with Gasteiger partial charge in [-0.25, -0.2) is 0 Å². The Balaban J connectivity index is 1.43. The summed E-state index contributed by atoms with van der Waals surface area (Å²) in [6, 6.07) is 6.56. The van der Waals surface area contributed by atoms with E-state index in [0.29, 0.717) is 23.4 Å². The van der Waals surface area contributed by atoms with Gasteiger partial charge in [-0.3, -0.25) is 4.79 Å². The molecule has 7 heteroatoms. The van der Waals surface area contributed by atoms with Crippen LogP contribution in [0, 0.1) is 12.0 Å². The van der Waals surface area contributed by atoms with E-state index in [1.807, 2.05) is 0 Å². The number of nitrogens with one attached hydrogen (secondary N) is 2. The smallest absolute Gasteiger partial charge is 0.293 e. The highest BCUT2D eigenvalue weighted by molar-refractivity contribution is 6.44. The van der Waals surface area contributed by atoms with Crippen LogP contribution in [-0.4, -0.2) is 55.9 Å². The summed E-state index contributed by atoms with van der Waals surface area (Å²) in [7, 11) is 0. The molecule has 5 rings (SSSR count). The van der Waals surface area contributed by atoms with Crippen molar-refractivity contribution in [3.63, 3.8) is 0 Å². The third-order valence-electron chi connectivity index (χ3n) is 8.68. The van der Waals surface area contributed by atoms with E-state index in [4.69, 9.17) is 11.3 Å². The molecule has 0 aromatic heterocycles. The van der Waals surface area contributed by atoms with Crippen molar-refractivity contribution in [2.75, 3.05) is 44.7 Å². The van der Waals surface area contributed by atoms with Crippen LogP contribution in [0.25, 0.3) is 10.4 Å². The fourth-order valence-corrected chi connectivity index (χ4v) is 6.11. The van der Waals surface area contributed by atoms with Crippen LogP contribution in [-0.2, 0) is 15.1 Å². The second-order valence-electron chi connectivity index (χ2n) is 11.9. The Morgan fingerprint density at radius 2 is 1.95 bits per heavy atom. The molecule has 3 heterocycles. The Hall–Kier alpha value is -2.79. The van der Waals surface area contributed by atoms with Gasteiger partial charge in [0.1, 0.15) is 0 Å². The minimum Gasteiger partial charge on any atom is -0.381 e. The summed E-state index contributed by atoms with van der Waals surface area (Å²) >= 11 is 0. The molecule has 1 aromatic rings. The Morgan fingerprint density at radius 1 is 1.16 bits per heavy atom. The van der Waals surface area contributed by atoms with Gasteiger partial charge < -0.3 is 25.1 Å². The van der Waals surface area contributed by atoms with Crippen molar-refractivity contribution in [3.05, 3.63) is 58.7 Å². The number of carbonyl (C=O) groups is 1. The lowest BCUT2D eigenvalue weighted by Crippen LogP contribution is -2.49. The van der Waals surface area contributed by atoms with Gasteiger partial charge in [0.2, 0.25) is 0 Å². The molecule has 2 saturated heterocycles. The number of allylic oxidation sites excluding steroid dienone is 3. The molecule has 0 spiro atoms. The molecule has 0 unspecified atom stereocenters. The molecular formula is C31H41N5O2. The number of benzene rings is 1. The van der Waals surface area contributed by atoms with Crippen molar-refractivity contribution in [1.82, 2.24) is 10.2 Å². The van der Waals surface area contributed by atoms with Gasteiger partial charge in [-0.2, -0.15) is 0 Å². The lowest BCUT2D eigenvalue weighted by molar-refractivity contribution is -0.110. The van der Waals surface area contributed by atoms with E-state index in [1.54, 1.807) is 6.08 Å². The van der Waals surface area contributed by atoms with Crippen molar-refractivity contribution >= 4 is 22.9 Å². The molecule has 1 amide bonds. The molecule has 2 fully saturated rings. The third-order valence-corrected chi connectivity index (χ3v) is 8.68. The van der Waals surface area contributed by atoms with Crippen LogP contribution in [0.2, 0.25) is 0 Å². The molecule has 0 bridgehead atoms. The molecule has 0 radical (unpaired) electrons. The van der Waals surface area contributed by atoms with Gasteiger partial charge in [0, 0.05) is 49.5 Å². The maximum Gasteiger partial charge on any atom is 0.293 e. The Kier molecular flexibility index (Phi) is 8.13. The van der Waals surface area contributed by atoms with Crippen molar-refractivity contribution in [3.8, 4) is 0 Å². The number of hydrogen-bond acceptors (Lipinski definition) is 5. The van der Waals surface area contributed by atoms with Gasteiger partial charge in [0.05, 0.1) is 0 Å². The Labute approximate surface area is 227 Å². The molecule has 4 aliphatic rings. The highest BCUT2D eigenvalue weighted by Gasteiger charge is 2.35. The number of aliphatic imine (C=N–C) groups is 1. The van der Waals surface area contributed by atoms with E-state index in [1.165, 1.54) is 37.1 Å². The van der Waals surface area contributed by atoms with Gasteiger partial charge in [0.15, 0.2) is 5.71 Å². The summed E-state index contributed by atoms with van der Waals surface area (Å²) in [6.45, 7) is 17.8. The summed E-state index contributed by atoms with van der Waals surface area (Å²) in [4.78, 5) is 23.2. The normalized spacial score (nSPS) is 22.8. The minimum absolute atomic E-state index is 0.131. The van der Waals surface area contributed by atoms with E-state index in [2.05, 4.69) is 63.5 Å². The first-order valence-corrected chi connectivity index (χ1v) is 14.2. The molecule has 202 valence electrons. The number of hydrogen-bond donors (Lipinski definition) is 2. The second-order valence-corrected chi connectivity index (χ2v) is 11.9. The minimum atomic E-state index is -0.227. The molecule has 38 heavy (non-hydrogen) atoms. The lowest BCUT2D eigenvalue weighted by atomic mass is 9.75. The first kappa shape index (κ1) is 26.8. The highest BCUT2D eigenvalue weighted by Crippen LogP contribution is 2.42. The molecule has 1 aromatic carbocycles. The monoisotopic (exact) mass is 515 g/mol. The predicted molar refractivity (Wildman–Crippen MR) is 153 cm³/mol. The lowest BCUT2D eigenvalue weighted by Gasteiger charge is -2.40. The van der Waals surface area contributed by atoms with Crippen LogP contribution >= 0.6 is 0 Å². The maximum absolute atomic E-state index is 13.1. The standard InChI is InChI=1S/C31H41N5O2/c1-30(2)12-10-23(11-13-30)25-22-24(6-7-26(25)35-29(37)27-8-9-28(32-3)34-27)31(14-20-38-21-15-31)33-16-19-36-17-4-5-18-36/h6-7,9-10,22,33H,4-5,8,11-21H2,1-2H3,(H,35,37). The number of rotatable bonds is 8. The van der Waals surface area contributed by atoms with Gasteiger partial charge in [0.25, 0.3) is 11.7 Å². The molecule has 1 aliphatic carbocycles. The third kappa shape index (κ3) is 6.09. The molecule has 2 N–H and O–H groups in total. The molecule has 0 atom stereocenters. The zero-order chi connectivity index (χ0) is 26.6. The van der Waals surface area contributed by atoms with Gasteiger partial charge in [-0.15, -0.1) is 4.99 Å². The van der Waals surface area contributed by atoms with E-state index < -0.39 is 0 Å². The van der Waals surface area contributed by atoms with E-state index in [-0.39, 0.29) is 11.4 Å². The Morgan fingerprint density at radius 3 is 2.63 bits per heavy atom. The fourth-order valence-electron chi connectivity index (χ4n) is 6.11. The Bertz CT molecular complexity index is 1180. The molecule has 0 saturated carbocycles. The van der Waals surface area contributed by atoms with Crippen LogP contribution in [0.1, 0.15) is 76.3 Å². The van der Waals surface area contributed by atoms with Crippen LogP contribution in [0.4, 0.5) is 5.69 Å². The van der Waals surface area contributed by atoms with Gasteiger partial charge >= 0.3 is 0 Å². The number of likely N-dealkylation sites (tertiary alicyclic amines) is 1.